The lowest BCUT2D eigenvalue weighted by Gasteiger charge is -2.23. The molecule has 6 nitrogen and oxygen atoms in total. The standard InChI is InChI=1S/C18H18N4O2/c1-11(17(23)22-9-8-12-4-2-3-5-16(12)22)19-13-6-7-14-15(10-13)21-18(24)20-14/h2-7,10-11,19H,8-9H2,1H3,(H2,20,21,24)/t11-/m1/s1. The van der Waals surface area contributed by atoms with Crippen molar-refractivity contribution in [2.24, 2.45) is 0 Å². The maximum atomic E-state index is 12.8. The van der Waals surface area contributed by atoms with E-state index in [0.29, 0.717) is 6.54 Å². The number of carbonyl (C=O) groups excluding carboxylic acids is 1. The summed E-state index contributed by atoms with van der Waals surface area (Å²) in [6.07, 6.45) is 0.894. The first-order chi connectivity index (χ1) is 11.6. The highest BCUT2D eigenvalue weighted by molar-refractivity contribution is 6.00. The first kappa shape index (κ1) is 14.6. The van der Waals surface area contributed by atoms with Gasteiger partial charge in [-0.2, -0.15) is 0 Å². The molecule has 0 aliphatic carbocycles. The zero-order chi connectivity index (χ0) is 16.7. The second kappa shape index (κ2) is 5.56. The third-order valence-electron chi connectivity index (χ3n) is 4.42. The molecule has 2 aromatic carbocycles. The molecule has 1 aromatic heterocycles. The first-order valence-electron chi connectivity index (χ1n) is 8.00. The number of fused-ring (bicyclic) bond motifs is 2. The Morgan fingerprint density at radius 2 is 1.96 bits per heavy atom. The minimum Gasteiger partial charge on any atom is -0.374 e. The van der Waals surface area contributed by atoms with Crippen molar-refractivity contribution in [3.63, 3.8) is 0 Å². The Hall–Kier alpha value is -3.02. The van der Waals surface area contributed by atoms with Crippen LogP contribution in [-0.4, -0.2) is 28.5 Å². The van der Waals surface area contributed by atoms with Gasteiger partial charge in [0, 0.05) is 17.9 Å². The van der Waals surface area contributed by atoms with Crippen molar-refractivity contribution in [2.45, 2.75) is 19.4 Å². The zero-order valence-corrected chi connectivity index (χ0v) is 13.3. The fourth-order valence-corrected chi connectivity index (χ4v) is 3.23. The Balaban J connectivity index is 1.54. The highest BCUT2D eigenvalue weighted by atomic mass is 16.2. The summed E-state index contributed by atoms with van der Waals surface area (Å²) in [5.74, 6) is 0.0441. The number of H-pyrrole nitrogens is 2. The average Bonchev–Trinajstić information content (AvgIpc) is 3.16. The molecule has 1 aliphatic rings. The lowest BCUT2D eigenvalue weighted by Crippen LogP contribution is -2.40. The van der Waals surface area contributed by atoms with Gasteiger partial charge in [-0.3, -0.25) is 4.79 Å². The number of hydrogen-bond acceptors (Lipinski definition) is 3. The van der Waals surface area contributed by atoms with Gasteiger partial charge < -0.3 is 20.2 Å². The molecule has 1 aliphatic heterocycles. The maximum absolute atomic E-state index is 12.8. The predicted molar refractivity (Wildman–Crippen MR) is 94.5 cm³/mol. The van der Waals surface area contributed by atoms with Crippen LogP contribution in [0.4, 0.5) is 11.4 Å². The van der Waals surface area contributed by atoms with Crippen LogP contribution in [0, 0.1) is 0 Å². The number of benzene rings is 2. The SMILES string of the molecule is C[C@@H](Nc1ccc2[nH]c(=O)[nH]c2c1)C(=O)N1CCc2ccccc21. The molecule has 4 rings (SSSR count). The van der Waals surface area contributed by atoms with Crippen LogP contribution in [0.25, 0.3) is 11.0 Å². The van der Waals surface area contributed by atoms with Crippen molar-refractivity contribution in [2.75, 3.05) is 16.8 Å². The van der Waals surface area contributed by atoms with Crippen molar-refractivity contribution < 1.29 is 4.79 Å². The van der Waals surface area contributed by atoms with Crippen LogP contribution in [0.2, 0.25) is 0 Å². The highest BCUT2D eigenvalue weighted by Crippen LogP contribution is 2.28. The number of aromatic amines is 2. The van der Waals surface area contributed by atoms with Crippen molar-refractivity contribution in [3.05, 3.63) is 58.5 Å². The minimum absolute atomic E-state index is 0.0441. The second-order valence-corrected chi connectivity index (χ2v) is 6.07. The van der Waals surface area contributed by atoms with Crippen LogP contribution in [0.5, 0.6) is 0 Å². The number of nitrogens with zero attached hydrogens (tertiary/aromatic N) is 1. The Morgan fingerprint density at radius 1 is 1.17 bits per heavy atom. The summed E-state index contributed by atoms with van der Waals surface area (Å²) in [5, 5.41) is 3.22. The largest absolute Gasteiger partial charge is 0.374 e. The van der Waals surface area contributed by atoms with Crippen molar-refractivity contribution >= 4 is 28.3 Å². The topological polar surface area (TPSA) is 81.0 Å². The van der Waals surface area contributed by atoms with E-state index in [1.807, 2.05) is 48.2 Å². The van der Waals surface area contributed by atoms with Crippen LogP contribution >= 0.6 is 0 Å². The molecule has 1 amide bonds. The maximum Gasteiger partial charge on any atom is 0.323 e. The highest BCUT2D eigenvalue weighted by Gasteiger charge is 2.27. The van der Waals surface area contributed by atoms with Gasteiger partial charge in [-0.15, -0.1) is 0 Å². The molecule has 1 atom stereocenters. The van der Waals surface area contributed by atoms with E-state index in [4.69, 9.17) is 0 Å². The van der Waals surface area contributed by atoms with Gasteiger partial charge in [0.05, 0.1) is 11.0 Å². The molecule has 122 valence electrons. The molecule has 24 heavy (non-hydrogen) atoms. The summed E-state index contributed by atoms with van der Waals surface area (Å²) in [5.41, 5.74) is 4.24. The molecule has 0 radical (unpaired) electrons. The van der Waals surface area contributed by atoms with Crippen LogP contribution in [0.3, 0.4) is 0 Å². The van der Waals surface area contributed by atoms with Crippen molar-refractivity contribution in [1.82, 2.24) is 9.97 Å². The second-order valence-electron chi connectivity index (χ2n) is 6.07. The molecule has 0 fully saturated rings. The summed E-state index contributed by atoms with van der Waals surface area (Å²) < 4.78 is 0. The van der Waals surface area contributed by atoms with Gasteiger partial charge in [-0.25, -0.2) is 4.79 Å². The van der Waals surface area contributed by atoms with Crippen LogP contribution in [0.1, 0.15) is 12.5 Å². The normalized spacial score (nSPS) is 14.6. The third kappa shape index (κ3) is 2.46. The number of nitrogens with one attached hydrogen (secondary N) is 3. The van der Waals surface area contributed by atoms with Crippen LogP contribution in [0.15, 0.2) is 47.3 Å². The number of imidazole rings is 1. The lowest BCUT2D eigenvalue weighted by atomic mass is 10.2. The van der Waals surface area contributed by atoms with Crippen molar-refractivity contribution in [3.8, 4) is 0 Å². The molecule has 6 heteroatoms. The van der Waals surface area contributed by atoms with E-state index in [9.17, 15) is 9.59 Å². The van der Waals surface area contributed by atoms with E-state index in [1.165, 1.54) is 5.56 Å². The first-order valence-corrected chi connectivity index (χ1v) is 8.00. The Kier molecular flexibility index (Phi) is 3.37. The van der Waals surface area contributed by atoms with E-state index < -0.39 is 0 Å². The average molecular weight is 322 g/mol. The molecule has 3 N–H and O–H groups in total. The Morgan fingerprint density at radius 3 is 2.83 bits per heavy atom. The van der Waals surface area contributed by atoms with E-state index in [0.717, 1.165) is 28.8 Å². The van der Waals surface area contributed by atoms with Gasteiger partial charge in [0.25, 0.3) is 0 Å². The minimum atomic E-state index is -0.362. The van der Waals surface area contributed by atoms with Crippen molar-refractivity contribution in [1.29, 1.82) is 0 Å². The van der Waals surface area contributed by atoms with Gasteiger partial charge in [0.1, 0.15) is 6.04 Å². The quantitative estimate of drug-likeness (QED) is 0.692. The predicted octanol–water partition coefficient (Wildman–Crippen LogP) is 2.25. The summed E-state index contributed by atoms with van der Waals surface area (Å²) in [6.45, 7) is 2.57. The molecular formula is C18H18N4O2. The fraction of sp³-hybridized carbons (Fsp3) is 0.222. The monoisotopic (exact) mass is 322 g/mol. The lowest BCUT2D eigenvalue weighted by molar-refractivity contribution is -0.118. The summed E-state index contributed by atoms with van der Waals surface area (Å²) in [7, 11) is 0. The van der Waals surface area contributed by atoms with Gasteiger partial charge >= 0.3 is 5.69 Å². The number of carbonyl (C=O) groups is 1. The Labute approximate surface area is 138 Å². The van der Waals surface area contributed by atoms with Crippen LogP contribution < -0.4 is 15.9 Å². The van der Waals surface area contributed by atoms with E-state index >= 15 is 0 Å². The Bertz CT molecular complexity index is 972. The number of amides is 1. The van der Waals surface area contributed by atoms with E-state index in [2.05, 4.69) is 21.4 Å². The number of hydrogen-bond donors (Lipinski definition) is 3. The zero-order valence-electron chi connectivity index (χ0n) is 13.3. The molecule has 0 saturated heterocycles. The number of aromatic nitrogens is 2. The summed E-state index contributed by atoms with van der Waals surface area (Å²) in [4.78, 5) is 31.4. The summed E-state index contributed by atoms with van der Waals surface area (Å²) >= 11 is 0. The summed E-state index contributed by atoms with van der Waals surface area (Å²) in [6, 6.07) is 13.2. The van der Waals surface area contributed by atoms with Gasteiger partial charge in [-0.05, 0) is 43.2 Å². The molecule has 0 bridgehead atoms. The van der Waals surface area contributed by atoms with Gasteiger partial charge in [-0.1, -0.05) is 18.2 Å². The van der Waals surface area contributed by atoms with Crippen LogP contribution in [-0.2, 0) is 11.2 Å². The van der Waals surface area contributed by atoms with E-state index in [-0.39, 0.29) is 17.6 Å². The molecule has 0 unspecified atom stereocenters. The van der Waals surface area contributed by atoms with Gasteiger partial charge in [0.2, 0.25) is 5.91 Å². The smallest absolute Gasteiger partial charge is 0.323 e. The number of para-hydroxylation sites is 1. The molecule has 3 aromatic rings. The number of anilines is 2. The molecule has 0 spiro atoms. The fourth-order valence-electron chi connectivity index (χ4n) is 3.23. The number of rotatable bonds is 3. The van der Waals surface area contributed by atoms with E-state index in [1.54, 1.807) is 0 Å². The van der Waals surface area contributed by atoms with Gasteiger partial charge in [0.15, 0.2) is 0 Å². The molecule has 2 heterocycles. The third-order valence-corrected chi connectivity index (χ3v) is 4.42. The molecular weight excluding hydrogens is 304 g/mol. The molecule has 0 saturated carbocycles.